The van der Waals surface area contributed by atoms with E-state index in [1.54, 1.807) is 0 Å². The molecule has 3 aliphatic heterocycles. The van der Waals surface area contributed by atoms with E-state index in [1.165, 1.54) is 0 Å². The van der Waals surface area contributed by atoms with Crippen molar-refractivity contribution in [3.05, 3.63) is 0 Å². The van der Waals surface area contributed by atoms with Crippen LogP contribution < -0.4 is 5.73 Å². The third-order valence-electron chi connectivity index (χ3n) is 7.15. The first-order valence-corrected chi connectivity index (χ1v) is 12.8. The molecule has 15 atom stereocenters. The minimum absolute atomic E-state index is 0.648. The van der Waals surface area contributed by atoms with Crippen LogP contribution >= 0.6 is 0 Å². The van der Waals surface area contributed by atoms with Gasteiger partial charge in [0.25, 0.3) is 0 Å². The first-order chi connectivity index (χ1) is 19.3. The number of ether oxygens (including phenoxy) is 6. The standard InChI is InChI=1S/C22H41NO18/c23-22(4-36-19-16(33)13(30)10(27)7(1-24)39-19,5-37-20-17(34)14(31)11(28)8(2-25)40-20)6-38-21-18(35)15(32)12(29)9(3-26)41-21/h7-21,24-35H,1-6,23H2/t7?,8?,9?,10-,11-,12-,13?,14?,15?,16?,17?,18?,19+,20+,21+,22?/m1/s1. The van der Waals surface area contributed by atoms with E-state index >= 15 is 0 Å². The zero-order valence-electron chi connectivity index (χ0n) is 21.8. The summed E-state index contributed by atoms with van der Waals surface area (Å²) in [5.74, 6) is 0. The molecule has 0 bridgehead atoms. The first-order valence-electron chi connectivity index (χ1n) is 12.8. The van der Waals surface area contributed by atoms with E-state index in [0.29, 0.717) is 0 Å². The van der Waals surface area contributed by atoms with Gasteiger partial charge in [0.1, 0.15) is 73.2 Å². The molecule has 0 amide bonds. The lowest BCUT2D eigenvalue weighted by atomic mass is 9.98. The Hall–Kier alpha value is -0.760. The summed E-state index contributed by atoms with van der Waals surface area (Å²) in [5, 5.41) is 119. The van der Waals surface area contributed by atoms with Crippen LogP contribution in [0.1, 0.15) is 0 Å². The SMILES string of the molecule is NC(CO[C@H]1OC(CO)[C@@H](O)C(O)C1O)(CO[C@H]1OC(CO)[C@@H](O)C(O)C1O)CO[C@H]1OC(CO)[C@@H](O)C(O)C1O. The molecule has 3 saturated heterocycles. The molecule has 19 nitrogen and oxygen atoms in total. The van der Waals surface area contributed by atoms with Gasteiger partial charge in [-0.3, -0.25) is 0 Å². The minimum atomic E-state index is -1.84. The predicted octanol–water partition coefficient (Wildman–Crippen LogP) is -8.87. The normalized spacial score (nSPS) is 47.2. The zero-order valence-corrected chi connectivity index (χ0v) is 21.8. The number of hydrogen-bond donors (Lipinski definition) is 13. The molecule has 19 heteroatoms. The van der Waals surface area contributed by atoms with Crippen molar-refractivity contribution < 1.29 is 89.7 Å². The molecule has 3 fully saturated rings. The smallest absolute Gasteiger partial charge is 0.186 e. The Kier molecular flexibility index (Phi) is 12.5. The topological polar surface area (TPSA) is 324 Å². The molecule has 0 radical (unpaired) electrons. The highest BCUT2D eigenvalue weighted by molar-refractivity contribution is 4.94. The van der Waals surface area contributed by atoms with Crippen molar-refractivity contribution in [3.8, 4) is 0 Å². The summed E-state index contributed by atoms with van der Waals surface area (Å²) in [4.78, 5) is 0. The van der Waals surface area contributed by atoms with Crippen LogP contribution in [0, 0.1) is 0 Å². The van der Waals surface area contributed by atoms with Crippen LogP contribution in [0.25, 0.3) is 0 Å². The summed E-state index contributed by atoms with van der Waals surface area (Å²) in [7, 11) is 0. The van der Waals surface area contributed by atoms with Crippen molar-refractivity contribution in [1.29, 1.82) is 0 Å². The van der Waals surface area contributed by atoms with Crippen LogP contribution in [0.3, 0.4) is 0 Å². The van der Waals surface area contributed by atoms with Crippen molar-refractivity contribution in [2.75, 3.05) is 39.6 Å². The Balaban J connectivity index is 1.73. The number of nitrogens with two attached hydrogens (primary N) is 1. The molecular weight excluding hydrogens is 566 g/mol. The Morgan fingerprint density at radius 1 is 0.439 bits per heavy atom. The van der Waals surface area contributed by atoms with Gasteiger partial charge < -0.3 is 95.4 Å². The maximum Gasteiger partial charge on any atom is 0.186 e. The lowest BCUT2D eigenvalue weighted by Crippen LogP contribution is -2.63. The van der Waals surface area contributed by atoms with Crippen molar-refractivity contribution in [2.24, 2.45) is 5.73 Å². The van der Waals surface area contributed by atoms with Crippen molar-refractivity contribution in [3.63, 3.8) is 0 Å². The van der Waals surface area contributed by atoms with Gasteiger partial charge in [0.2, 0.25) is 0 Å². The van der Waals surface area contributed by atoms with E-state index in [4.69, 9.17) is 34.2 Å². The Labute approximate surface area is 233 Å². The minimum Gasteiger partial charge on any atom is -0.394 e. The van der Waals surface area contributed by atoms with Crippen LogP contribution in [0.4, 0.5) is 0 Å². The van der Waals surface area contributed by atoms with Crippen LogP contribution in [0.2, 0.25) is 0 Å². The summed E-state index contributed by atoms with van der Waals surface area (Å²) >= 11 is 0. The van der Waals surface area contributed by atoms with Gasteiger partial charge in [0.15, 0.2) is 18.9 Å². The molecule has 242 valence electrons. The van der Waals surface area contributed by atoms with Gasteiger partial charge in [-0.1, -0.05) is 0 Å². The van der Waals surface area contributed by atoms with Gasteiger partial charge in [-0.15, -0.1) is 0 Å². The maximum atomic E-state index is 10.3. The highest BCUT2D eigenvalue weighted by Gasteiger charge is 2.48. The molecule has 3 rings (SSSR count). The third-order valence-corrected chi connectivity index (χ3v) is 7.15. The van der Waals surface area contributed by atoms with Gasteiger partial charge in [0.05, 0.1) is 45.2 Å². The van der Waals surface area contributed by atoms with E-state index in [2.05, 4.69) is 0 Å². The average molecular weight is 608 g/mol. The van der Waals surface area contributed by atoms with E-state index in [0.717, 1.165) is 0 Å². The summed E-state index contributed by atoms with van der Waals surface area (Å²) in [6, 6.07) is 0. The fourth-order valence-corrected chi connectivity index (χ4v) is 4.48. The highest BCUT2D eigenvalue weighted by Crippen LogP contribution is 2.27. The largest absolute Gasteiger partial charge is 0.394 e. The molecule has 0 aromatic heterocycles. The van der Waals surface area contributed by atoms with Crippen LogP contribution in [0.5, 0.6) is 0 Å². The zero-order chi connectivity index (χ0) is 30.6. The molecule has 41 heavy (non-hydrogen) atoms. The van der Waals surface area contributed by atoms with E-state index in [9.17, 15) is 61.3 Å². The maximum absolute atomic E-state index is 10.3. The van der Waals surface area contributed by atoms with E-state index in [1.807, 2.05) is 0 Å². The van der Waals surface area contributed by atoms with E-state index in [-0.39, 0.29) is 0 Å². The third kappa shape index (κ3) is 7.85. The van der Waals surface area contributed by atoms with Gasteiger partial charge in [0, 0.05) is 0 Å². The fourth-order valence-electron chi connectivity index (χ4n) is 4.48. The molecule has 0 saturated carbocycles. The van der Waals surface area contributed by atoms with Crippen molar-refractivity contribution >= 4 is 0 Å². The van der Waals surface area contributed by atoms with Gasteiger partial charge >= 0.3 is 0 Å². The van der Waals surface area contributed by atoms with Crippen LogP contribution in [0.15, 0.2) is 0 Å². The first kappa shape index (κ1) is 34.7. The Bertz CT molecular complexity index is 694. The number of hydrogen-bond acceptors (Lipinski definition) is 19. The molecule has 3 aliphatic rings. The molecular formula is C22H41NO18. The molecule has 0 spiro atoms. The molecule has 0 aliphatic carbocycles. The van der Waals surface area contributed by atoms with Crippen LogP contribution in [-0.2, 0) is 28.4 Å². The van der Waals surface area contributed by atoms with Crippen molar-refractivity contribution in [2.45, 2.75) is 97.7 Å². The quantitative estimate of drug-likeness (QED) is 0.0979. The lowest BCUT2D eigenvalue weighted by Gasteiger charge is -2.43. The lowest BCUT2D eigenvalue weighted by molar-refractivity contribution is -0.322. The number of aliphatic hydroxyl groups is 12. The average Bonchev–Trinajstić information content (AvgIpc) is 2.96. The molecule has 14 N–H and O–H groups in total. The summed E-state index contributed by atoms with van der Waals surface area (Å²) < 4.78 is 32.3. The van der Waals surface area contributed by atoms with Gasteiger partial charge in [-0.05, 0) is 0 Å². The molecule has 0 aromatic carbocycles. The van der Waals surface area contributed by atoms with Gasteiger partial charge in [-0.2, -0.15) is 0 Å². The van der Waals surface area contributed by atoms with Crippen molar-refractivity contribution in [1.82, 2.24) is 0 Å². The summed E-state index contributed by atoms with van der Waals surface area (Å²) in [5.41, 5.74) is 4.57. The highest BCUT2D eigenvalue weighted by atomic mass is 16.7. The van der Waals surface area contributed by atoms with Crippen LogP contribution in [-0.4, -0.2) is 199 Å². The number of rotatable bonds is 12. The molecule has 9 unspecified atom stereocenters. The second-order valence-corrected chi connectivity index (χ2v) is 10.4. The number of aliphatic hydroxyl groups excluding tert-OH is 12. The molecule has 3 heterocycles. The predicted molar refractivity (Wildman–Crippen MR) is 126 cm³/mol. The Morgan fingerprint density at radius 3 is 0.902 bits per heavy atom. The second kappa shape index (κ2) is 14.8. The monoisotopic (exact) mass is 607 g/mol. The Morgan fingerprint density at radius 2 is 0.683 bits per heavy atom. The summed E-state index contributed by atoms with van der Waals surface area (Å²) in [6.45, 7) is -4.16. The molecule has 0 aromatic rings. The second-order valence-electron chi connectivity index (χ2n) is 10.4. The fraction of sp³-hybridized carbons (Fsp3) is 1.00. The van der Waals surface area contributed by atoms with E-state index < -0.39 is 137 Å². The summed E-state index contributed by atoms with van der Waals surface area (Å²) in [6.07, 6.45) is -24.5. The van der Waals surface area contributed by atoms with Gasteiger partial charge in [-0.25, -0.2) is 0 Å².